The molecule has 13 heavy (non-hydrogen) atoms. The average molecular weight is 187 g/mol. The zero-order chi connectivity index (χ0) is 9.52. The lowest BCUT2D eigenvalue weighted by Gasteiger charge is -2.08. The number of furan rings is 1. The maximum absolute atomic E-state index is 9.12. The molecule has 1 rings (SSSR count). The number of rotatable bonds is 6. The molecule has 0 radical (unpaired) electrons. The fourth-order valence-corrected chi connectivity index (χ4v) is 0.849. The molecule has 0 saturated carbocycles. The van der Waals surface area contributed by atoms with Gasteiger partial charge in [0.1, 0.15) is 18.5 Å². The number of nitrogens with two attached hydrogens (primary N) is 1. The minimum atomic E-state index is -0.694. The van der Waals surface area contributed by atoms with Gasteiger partial charge in [0.25, 0.3) is 0 Å². The average Bonchev–Trinajstić information content (AvgIpc) is 2.57. The summed E-state index contributed by atoms with van der Waals surface area (Å²) in [6.07, 6.45) is 0.873. The second kappa shape index (κ2) is 5.71. The molecule has 0 bridgehead atoms. The van der Waals surface area contributed by atoms with E-state index in [1.54, 1.807) is 18.4 Å². The first-order chi connectivity index (χ1) is 6.33. The third-order valence-electron chi connectivity index (χ3n) is 1.42. The summed E-state index contributed by atoms with van der Waals surface area (Å²) in [5, 5.41) is 9.12. The van der Waals surface area contributed by atoms with Gasteiger partial charge in [-0.3, -0.25) is 0 Å². The maximum atomic E-state index is 9.12. The van der Waals surface area contributed by atoms with E-state index in [0.29, 0.717) is 6.61 Å². The molecule has 0 aliphatic carbocycles. The van der Waals surface area contributed by atoms with Crippen LogP contribution >= 0.6 is 0 Å². The summed E-state index contributed by atoms with van der Waals surface area (Å²) < 4.78 is 10.1. The molecule has 3 N–H and O–H groups in total. The van der Waals surface area contributed by atoms with Crippen LogP contribution in [0.25, 0.3) is 0 Å². The van der Waals surface area contributed by atoms with E-state index in [1.807, 2.05) is 0 Å². The van der Waals surface area contributed by atoms with Gasteiger partial charge < -0.3 is 19.1 Å². The van der Waals surface area contributed by atoms with Crippen LogP contribution < -0.4 is 5.90 Å². The first-order valence-corrected chi connectivity index (χ1v) is 3.93. The smallest absolute Gasteiger partial charge is 0.129 e. The largest absolute Gasteiger partial charge is 0.467 e. The van der Waals surface area contributed by atoms with Crippen molar-refractivity contribution in [1.82, 2.24) is 0 Å². The van der Waals surface area contributed by atoms with Crippen LogP contribution in [0.15, 0.2) is 22.8 Å². The first-order valence-electron chi connectivity index (χ1n) is 3.93. The Kier molecular flexibility index (Phi) is 4.48. The lowest BCUT2D eigenvalue weighted by molar-refractivity contribution is -0.0268. The molecule has 1 aromatic heterocycles. The molecular weight excluding hydrogens is 174 g/mol. The highest BCUT2D eigenvalue weighted by Gasteiger charge is 2.04. The van der Waals surface area contributed by atoms with E-state index in [1.165, 1.54) is 0 Å². The van der Waals surface area contributed by atoms with E-state index >= 15 is 0 Å². The van der Waals surface area contributed by atoms with E-state index in [2.05, 4.69) is 4.84 Å². The Hall–Kier alpha value is -0.880. The van der Waals surface area contributed by atoms with Crippen molar-refractivity contribution in [2.45, 2.75) is 12.7 Å². The predicted molar refractivity (Wildman–Crippen MR) is 44.5 cm³/mol. The van der Waals surface area contributed by atoms with Gasteiger partial charge in [-0.15, -0.1) is 0 Å². The molecule has 0 spiro atoms. The standard InChI is InChI=1S/C8H13NO4/c9-13-5-7(10)4-11-6-8-2-1-3-12-8/h1-3,7,10H,4-6,9H2. The topological polar surface area (TPSA) is 77.9 Å². The van der Waals surface area contributed by atoms with Crippen molar-refractivity contribution in [3.8, 4) is 0 Å². The fourth-order valence-electron chi connectivity index (χ4n) is 0.849. The number of hydrogen-bond donors (Lipinski definition) is 2. The predicted octanol–water partition coefficient (Wildman–Crippen LogP) is 0.0474. The van der Waals surface area contributed by atoms with Gasteiger partial charge in [0.2, 0.25) is 0 Å². The van der Waals surface area contributed by atoms with E-state index in [4.69, 9.17) is 20.2 Å². The summed E-state index contributed by atoms with van der Waals surface area (Å²) >= 11 is 0. The van der Waals surface area contributed by atoms with Crippen LogP contribution in [0.5, 0.6) is 0 Å². The molecule has 1 unspecified atom stereocenters. The molecule has 0 amide bonds. The summed E-state index contributed by atoms with van der Waals surface area (Å²) in [5.41, 5.74) is 0. The van der Waals surface area contributed by atoms with Crippen molar-refractivity contribution in [2.75, 3.05) is 13.2 Å². The quantitative estimate of drug-likeness (QED) is 0.615. The highest BCUT2D eigenvalue weighted by atomic mass is 16.6. The molecule has 74 valence electrons. The number of aliphatic hydroxyl groups is 1. The highest BCUT2D eigenvalue weighted by molar-refractivity contribution is 4.95. The Labute approximate surface area is 76.0 Å². The lowest BCUT2D eigenvalue weighted by Crippen LogP contribution is -2.23. The van der Waals surface area contributed by atoms with E-state index in [0.717, 1.165) is 5.76 Å². The SMILES string of the molecule is NOCC(O)COCc1ccco1. The van der Waals surface area contributed by atoms with E-state index < -0.39 is 6.10 Å². The maximum Gasteiger partial charge on any atom is 0.129 e. The third-order valence-corrected chi connectivity index (χ3v) is 1.42. The summed E-state index contributed by atoms with van der Waals surface area (Å²) in [4.78, 5) is 4.24. The Morgan fingerprint density at radius 2 is 2.38 bits per heavy atom. The van der Waals surface area contributed by atoms with Crippen LogP contribution in [0.1, 0.15) is 5.76 Å². The van der Waals surface area contributed by atoms with Crippen molar-refractivity contribution in [3.63, 3.8) is 0 Å². The Morgan fingerprint density at radius 1 is 1.54 bits per heavy atom. The van der Waals surface area contributed by atoms with Gasteiger partial charge in [0, 0.05) is 0 Å². The molecule has 0 saturated heterocycles. The summed E-state index contributed by atoms with van der Waals surface area (Å²) in [5.74, 6) is 5.48. The van der Waals surface area contributed by atoms with Crippen LogP contribution in [0.2, 0.25) is 0 Å². The fraction of sp³-hybridized carbons (Fsp3) is 0.500. The zero-order valence-corrected chi connectivity index (χ0v) is 7.18. The second-order valence-electron chi connectivity index (χ2n) is 2.58. The van der Waals surface area contributed by atoms with Gasteiger partial charge in [-0.05, 0) is 12.1 Å². The summed E-state index contributed by atoms with van der Waals surface area (Å²) in [7, 11) is 0. The van der Waals surface area contributed by atoms with Gasteiger partial charge in [-0.25, -0.2) is 5.90 Å². The second-order valence-corrected chi connectivity index (χ2v) is 2.58. The monoisotopic (exact) mass is 187 g/mol. The van der Waals surface area contributed by atoms with Crippen LogP contribution in [0.4, 0.5) is 0 Å². The first kappa shape index (κ1) is 10.2. The highest BCUT2D eigenvalue weighted by Crippen LogP contribution is 2.01. The van der Waals surface area contributed by atoms with Crippen molar-refractivity contribution in [1.29, 1.82) is 0 Å². The lowest BCUT2D eigenvalue weighted by atomic mass is 10.4. The Bertz CT molecular complexity index is 212. The number of hydrogen-bond acceptors (Lipinski definition) is 5. The Balaban J connectivity index is 2.07. The molecule has 0 aliphatic heterocycles. The molecule has 1 atom stereocenters. The molecule has 1 aromatic rings. The van der Waals surface area contributed by atoms with Gasteiger partial charge in [0.05, 0.1) is 19.5 Å². The van der Waals surface area contributed by atoms with Crippen LogP contribution in [-0.4, -0.2) is 24.4 Å². The summed E-state index contributed by atoms with van der Waals surface area (Å²) in [6, 6.07) is 3.57. The van der Waals surface area contributed by atoms with Crippen molar-refractivity contribution < 1.29 is 19.1 Å². The van der Waals surface area contributed by atoms with Gasteiger partial charge in [0.15, 0.2) is 0 Å². The van der Waals surface area contributed by atoms with Crippen molar-refractivity contribution in [2.24, 2.45) is 5.90 Å². The van der Waals surface area contributed by atoms with Gasteiger partial charge in [-0.1, -0.05) is 0 Å². The molecule has 5 nitrogen and oxygen atoms in total. The third kappa shape index (κ3) is 4.05. The minimum absolute atomic E-state index is 0.0676. The molecule has 5 heteroatoms. The molecule has 1 heterocycles. The van der Waals surface area contributed by atoms with Gasteiger partial charge in [-0.2, -0.15) is 0 Å². The minimum Gasteiger partial charge on any atom is -0.467 e. The Morgan fingerprint density at radius 3 is 3.00 bits per heavy atom. The molecule has 0 fully saturated rings. The normalized spacial score (nSPS) is 13.1. The van der Waals surface area contributed by atoms with Crippen LogP contribution in [0, 0.1) is 0 Å². The van der Waals surface area contributed by atoms with Crippen molar-refractivity contribution >= 4 is 0 Å². The van der Waals surface area contributed by atoms with Gasteiger partial charge >= 0.3 is 0 Å². The van der Waals surface area contributed by atoms with Crippen molar-refractivity contribution in [3.05, 3.63) is 24.2 Å². The molecule has 0 aliphatic rings. The van der Waals surface area contributed by atoms with Crippen LogP contribution in [-0.2, 0) is 16.2 Å². The zero-order valence-electron chi connectivity index (χ0n) is 7.18. The molecule has 0 aromatic carbocycles. The molecular formula is C8H13NO4. The van der Waals surface area contributed by atoms with E-state index in [9.17, 15) is 0 Å². The summed E-state index contributed by atoms with van der Waals surface area (Å²) in [6.45, 7) is 0.588. The van der Waals surface area contributed by atoms with Crippen LogP contribution in [0.3, 0.4) is 0 Å². The number of ether oxygens (including phenoxy) is 1. The number of aliphatic hydroxyl groups excluding tert-OH is 1. The van der Waals surface area contributed by atoms with E-state index in [-0.39, 0.29) is 13.2 Å².